The van der Waals surface area contributed by atoms with Crippen LogP contribution in [0.15, 0.2) is 12.3 Å². The lowest BCUT2D eigenvalue weighted by Gasteiger charge is -1.78. The fraction of sp³-hybridized carbons (Fsp3) is 0.500. The van der Waals surface area contributed by atoms with Gasteiger partial charge >= 0.3 is 0 Å². The van der Waals surface area contributed by atoms with Gasteiger partial charge < -0.3 is 11.5 Å². The third-order valence-electron chi connectivity index (χ3n) is 0.691. The van der Waals surface area contributed by atoms with E-state index in [1.807, 2.05) is 6.20 Å². The maximum absolute atomic E-state index is 3.04. The fourth-order valence-electron chi connectivity index (χ4n) is 0.417. The highest BCUT2D eigenvalue weighted by Crippen LogP contribution is 1.84. The third kappa shape index (κ3) is 1.08. The summed E-state index contributed by atoms with van der Waals surface area (Å²) >= 11 is 0. The van der Waals surface area contributed by atoms with E-state index in [0.29, 0.717) is 0 Å². The van der Waals surface area contributed by atoms with Crippen molar-refractivity contribution in [3.8, 4) is 0 Å². The first-order valence-corrected chi connectivity index (χ1v) is 1.88. The van der Waals surface area contributed by atoms with Gasteiger partial charge in [0.05, 0.1) is 0 Å². The number of nitrogens with one attached hydrogen (secondary N) is 1. The van der Waals surface area contributed by atoms with Gasteiger partial charge in [-0.25, -0.2) is 0 Å². The molecule has 0 aromatic heterocycles. The molecule has 1 aliphatic heterocycles. The Bertz CT molecular complexity index is 43.5. The van der Waals surface area contributed by atoms with Crippen molar-refractivity contribution in [3.05, 3.63) is 12.3 Å². The normalized spacial score (nSPS) is 16.0. The molecule has 1 heterocycles. The largest absolute Gasteiger partial charge is 0.391 e. The van der Waals surface area contributed by atoms with Crippen molar-refractivity contribution in [2.24, 2.45) is 0 Å². The van der Waals surface area contributed by atoms with Gasteiger partial charge in [0.15, 0.2) is 0 Å². The van der Waals surface area contributed by atoms with Gasteiger partial charge in [-0.3, -0.25) is 0 Å². The lowest BCUT2D eigenvalue weighted by atomic mass is 10.5. The lowest BCUT2D eigenvalue weighted by molar-refractivity contribution is 0.917. The molecule has 0 radical (unpaired) electrons. The Morgan fingerprint density at radius 1 is 1.50 bits per heavy atom. The second-order valence-corrected chi connectivity index (χ2v) is 1.15. The van der Waals surface area contributed by atoms with Crippen molar-refractivity contribution in [3.63, 3.8) is 0 Å². The number of hydrogen-bond donors (Lipinski definition) is 2. The van der Waals surface area contributed by atoms with Gasteiger partial charge in [-0.1, -0.05) is 6.08 Å². The van der Waals surface area contributed by atoms with Gasteiger partial charge in [-0.05, 0) is 12.6 Å². The molecule has 0 saturated carbocycles. The van der Waals surface area contributed by atoms with E-state index in [-0.39, 0.29) is 6.15 Å². The molecule has 2 nitrogen and oxygen atoms in total. The molecule has 36 valence electrons. The van der Waals surface area contributed by atoms with Crippen LogP contribution in [0.5, 0.6) is 0 Å². The van der Waals surface area contributed by atoms with E-state index in [0.717, 1.165) is 6.54 Å². The summed E-state index contributed by atoms with van der Waals surface area (Å²) in [6.07, 6.45) is 5.32. The molecule has 2 heteroatoms. The fourth-order valence-corrected chi connectivity index (χ4v) is 0.417. The second kappa shape index (κ2) is 2.72. The average molecular weight is 86.1 g/mol. The smallest absolute Gasteiger partial charge is 0.0176 e. The van der Waals surface area contributed by atoms with E-state index in [1.165, 1.54) is 6.42 Å². The molecule has 0 atom stereocenters. The Labute approximate surface area is 37.8 Å². The Morgan fingerprint density at radius 2 is 2.33 bits per heavy atom. The molecule has 0 aromatic rings. The SMILES string of the molecule is C1=CNCC1.N. The van der Waals surface area contributed by atoms with Crippen LogP contribution in [0.2, 0.25) is 0 Å². The molecule has 6 heavy (non-hydrogen) atoms. The molecule has 0 bridgehead atoms. The van der Waals surface area contributed by atoms with Gasteiger partial charge in [0.1, 0.15) is 0 Å². The summed E-state index contributed by atoms with van der Waals surface area (Å²) in [5.41, 5.74) is 0. The number of hydrogen-bond acceptors (Lipinski definition) is 2. The Hall–Kier alpha value is -0.500. The zero-order chi connectivity index (χ0) is 3.54. The minimum atomic E-state index is 0. The van der Waals surface area contributed by atoms with Crippen LogP contribution in [0.4, 0.5) is 0 Å². The van der Waals surface area contributed by atoms with E-state index >= 15 is 0 Å². The van der Waals surface area contributed by atoms with Crippen LogP contribution >= 0.6 is 0 Å². The van der Waals surface area contributed by atoms with Crippen molar-refractivity contribution in [2.75, 3.05) is 6.54 Å². The summed E-state index contributed by atoms with van der Waals surface area (Å²) in [7, 11) is 0. The standard InChI is InChI=1S/C4H7N.H3N/c1-2-4-5-3-1;/h1,3,5H,2,4H2;1H3. The minimum Gasteiger partial charge on any atom is -0.391 e. The molecular formula is C4H10N2. The zero-order valence-corrected chi connectivity index (χ0v) is 3.78. The Kier molecular flexibility index (Phi) is 2.50. The quantitative estimate of drug-likeness (QED) is 0.455. The van der Waals surface area contributed by atoms with Gasteiger partial charge in [-0.15, -0.1) is 0 Å². The van der Waals surface area contributed by atoms with Crippen LogP contribution in [-0.4, -0.2) is 6.54 Å². The first-order chi connectivity index (χ1) is 2.50. The highest BCUT2D eigenvalue weighted by atomic mass is 14.8. The molecule has 0 fully saturated rings. The summed E-state index contributed by atoms with van der Waals surface area (Å²) in [6, 6.07) is 0. The summed E-state index contributed by atoms with van der Waals surface area (Å²) < 4.78 is 0. The Morgan fingerprint density at radius 3 is 2.50 bits per heavy atom. The molecule has 0 unspecified atom stereocenters. The van der Waals surface area contributed by atoms with Crippen LogP contribution in [-0.2, 0) is 0 Å². The maximum atomic E-state index is 3.04. The predicted octanol–water partition coefficient (Wildman–Crippen LogP) is 0.655. The Balaban J connectivity index is 0.000000250. The topological polar surface area (TPSA) is 47.0 Å². The molecular weight excluding hydrogens is 76.1 g/mol. The third-order valence-corrected chi connectivity index (χ3v) is 0.691. The minimum absolute atomic E-state index is 0. The van der Waals surface area contributed by atoms with Gasteiger partial charge in [-0.2, -0.15) is 0 Å². The molecule has 1 rings (SSSR count). The zero-order valence-electron chi connectivity index (χ0n) is 3.78. The van der Waals surface area contributed by atoms with Crippen molar-refractivity contribution in [1.29, 1.82) is 0 Å². The second-order valence-electron chi connectivity index (χ2n) is 1.15. The molecule has 0 spiro atoms. The maximum Gasteiger partial charge on any atom is 0.0176 e. The predicted molar refractivity (Wildman–Crippen MR) is 26.8 cm³/mol. The molecule has 0 aromatic carbocycles. The molecule has 0 amide bonds. The van der Waals surface area contributed by atoms with Gasteiger partial charge in [0, 0.05) is 6.54 Å². The molecule has 0 aliphatic carbocycles. The van der Waals surface area contributed by atoms with Crippen LogP contribution in [0.3, 0.4) is 0 Å². The van der Waals surface area contributed by atoms with Gasteiger partial charge in [0.25, 0.3) is 0 Å². The average Bonchev–Trinajstić information content (AvgIpc) is 1.76. The van der Waals surface area contributed by atoms with Crippen LogP contribution in [0.25, 0.3) is 0 Å². The monoisotopic (exact) mass is 86.1 g/mol. The first-order valence-electron chi connectivity index (χ1n) is 1.88. The number of rotatable bonds is 0. The first kappa shape index (κ1) is 5.50. The van der Waals surface area contributed by atoms with Crippen molar-refractivity contribution in [2.45, 2.75) is 6.42 Å². The van der Waals surface area contributed by atoms with E-state index in [4.69, 9.17) is 0 Å². The van der Waals surface area contributed by atoms with E-state index in [2.05, 4.69) is 11.4 Å². The van der Waals surface area contributed by atoms with Crippen molar-refractivity contribution >= 4 is 0 Å². The summed E-state index contributed by atoms with van der Waals surface area (Å²) in [5, 5.41) is 3.04. The highest BCUT2D eigenvalue weighted by molar-refractivity contribution is 4.86. The van der Waals surface area contributed by atoms with E-state index in [1.54, 1.807) is 0 Å². The summed E-state index contributed by atoms with van der Waals surface area (Å²) in [5.74, 6) is 0. The van der Waals surface area contributed by atoms with Crippen LogP contribution in [0, 0.1) is 0 Å². The van der Waals surface area contributed by atoms with Gasteiger partial charge in [0.2, 0.25) is 0 Å². The highest BCUT2D eigenvalue weighted by Gasteiger charge is 1.81. The molecule has 0 saturated heterocycles. The van der Waals surface area contributed by atoms with Crippen molar-refractivity contribution < 1.29 is 0 Å². The summed E-state index contributed by atoms with van der Waals surface area (Å²) in [6.45, 7) is 1.14. The van der Waals surface area contributed by atoms with E-state index < -0.39 is 0 Å². The van der Waals surface area contributed by atoms with Crippen LogP contribution < -0.4 is 11.5 Å². The van der Waals surface area contributed by atoms with Crippen LogP contribution in [0.1, 0.15) is 6.42 Å². The van der Waals surface area contributed by atoms with Crippen molar-refractivity contribution in [1.82, 2.24) is 11.5 Å². The molecule has 1 aliphatic rings. The molecule has 4 N–H and O–H groups in total. The lowest BCUT2D eigenvalue weighted by Crippen LogP contribution is -1.96. The summed E-state index contributed by atoms with van der Waals surface area (Å²) in [4.78, 5) is 0. The van der Waals surface area contributed by atoms with E-state index in [9.17, 15) is 0 Å².